The monoisotopic (exact) mass is 245 g/mol. The van der Waals surface area contributed by atoms with Crippen molar-refractivity contribution in [1.82, 2.24) is 5.32 Å². The van der Waals surface area contributed by atoms with Crippen LogP contribution < -0.4 is 10.1 Å². The zero-order chi connectivity index (χ0) is 12.0. The zero-order valence-electron chi connectivity index (χ0n) is 8.37. The molecule has 1 rings (SSSR count). The second kappa shape index (κ2) is 5.77. The third-order valence-corrected chi connectivity index (χ3v) is 2.20. The van der Waals surface area contributed by atoms with E-state index in [0.29, 0.717) is 5.75 Å². The minimum absolute atomic E-state index is 0.250. The number of carbonyl (C=O) groups excluding carboxylic acids is 1. The van der Waals surface area contributed by atoms with E-state index >= 15 is 0 Å². The standard InChI is InChI=1S/C9H12NO5P/c11-9(6-10-7-16(12,13)14)15-8-4-2-1-3-5-8/h1-5,10H,6-7H2,(H2,12,13,14). The van der Waals surface area contributed by atoms with Gasteiger partial charge in [-0.1, -0.05) is 18.2 Å². The van der Waals surface area contributed by atoms with Crippen LogP contribution >= 0.6 is 7.60 Å². The molecular weight excluding hydrogens is 233 g/mol. The lowest BCUT2D eigenvalue weighted by Gasteiger charge is -2.06. The number of carbonyl (C=O) groups is 1. The predicted molar refractivity (Wildman–Crippen MR) is 57.0 cm³/mol. The van der Waals surface area contributed by atoms with Gasteiger partial charge in [0.1, 0.15) is 5.75 Å². The molecule has 1 aromatic rings. The van der Waals surface area contributed by atoms with E-state index in [4.69, 9.17) is 14.5 Å². The summed E-state index contributed by atoms with van der Waals surface area (Å²) in [6, 6.07) is 8.43. The van der Waals surface area contributed by atoms with E-state index < -0.39 is 19.9 Å². The minimum Gasteiger partial charge on any atom is -0.426 e. The molecule has 6 nitrogen and oxygen atoms in total. The molecule has 0 atom stereocenters. The molecule has 0 heterocycles. The number of nitrogens with one attached hydrogen (secondary N) is 1. The summed E-state index contributed by atoms with van der Waals surface area (Å²) >= 11 is 0. The summed E-state index contributed by atoms with van der Waals surface area (Å²) in [6.07, 6.45) is -0.545. The first kappa shape index (κ1) is 12.9. The van der Waals surface area contributed by atoms with Crippen molar-refractivity contribution in [2.45, 2.75) is 0 Å². The molecule has 1 aromatic carbocycles. The second-order valence-electron chi connectivity index (χ2n) is 3.04. The van der Waals surface area contributed by atoms with Crippen LogP contribution in [0.3, 0.4) is 0 Å². The van der Waals surface area contributed by atoms with E-state index in [1.54, 1.807) is 30.3 Å². The fraction of sp³-hybridized carbons (Fsp3) is 0.222. The molecule has 16 heavy (non-hydrogen) atoms. The van der Waals surface area contributed by atoms with Crippen LogP contribution in [0.4, 0.5) is 0 Å². The average Bonchev–Trinajstić information content (AvgIpc) is 2.17. The van der Waals surface area contributed by atoms with Gasteiger partial charge in [0.2, 0.25) is 0 Å². The topological polar surface area (TPSA) is 95.9 Å². The van der Waals surface area contributed by atoms with E-state index in [1.807, 2.05) is 0 Å². The van der Waals surface area contributed by atoms with Crippen LogP contribution in [0.5, 0.6) is 5.75 Å². The van der Waals surface area contributed by atoms with Crippen molar-refractivity contribution in [1.29, 1.82) is 0 Å². The maximum Gasteiger partial charge on any atom is 0.339 e. The minimum atomic E-state index is -4.12. The molecule has 88 valence electrons. The second-order valence-corrected chi connectivity index (χ2v) is 4.68. The van der Waals surface area contributed by atoms with Crippen LogP contribution in [0.1, 0.15) is 0 Å². The molecule has 0 saturated carbocycles. The highest BCUT2D eigenvalue weighted by Crippen LogP contribution is 2.31. The van der Waals surface area contributed by atoms with Crippen molar-refractivity contribution in [3.8, 4) is 5.75 Å². The zero-order valence-corrected chi connectivity index (χ0v) is 9.26. The van der Waals surface area contributed by atoms with Crippen molar-refractivity contribution in [2.24, 2.45) is 0 Å². The number of para-hydroxylation sites is 1. The largest absolute Gasteiger partial charge is 0.426 e. The van der Waals surface area contributed by atoms with Gasteiger partial charge in [0.15, 0.2) is 0 Å². The number of esters is 1. The first-order valence-corrected chi connectivity index (χ1v) is 6.28. The molecule has 0 aliphatic rings. The van der Waals surface area contributed by atoms with Gasteiger partial charge >= 0.3 is 13.6 Å². The van der Waals surface area contributed by atoms with Gasteiger partial charge in [-0.3, -0.25) is 14.7 Å². The average molecular weight is 245 g/mol. The van der Waals surface area contributed by atoms with Gasteiger partial charge in [0.25, 0.3) is 0 Å². The highest BCUT2D eigenvalue weighted by atomic mass is 31.2. The Hall–Kier alpha value is -1.20. The van der Waals surface area contributed by atoms with Gasteiger partial charge in [-0.15, -0.1) is 0 Å². The third kappa shape index (κ3) is 5.63. The Labute approximate surface area is 92.4 Å². The van der Waals surface area contributed by atoms with E-state index in [1.165, 1.54) is 0 Å². The van der Waals surface area contributed by atoms with Crippen molar-refractivity contribution >= 4 is 13.6 Å². The molecule has 7 heteroatoms. The Kier molecular flexibility index (Phi) is 4.64. The van der Waals surface area contributed by atoms with Crippen LogP contribution in [-0.4, -0.2) is 28.6 Å². The summed E-state index contributed by atoms with van der Waals surface area (Å²) in [5, 5.41) is 2.31. The van der Waals surface area contributed by atoms with Crippen LogP contribution in [0.15, 0.2) is 30.3 Å². The lowest BCUT2D eigenvalue weighted by molar-refractivity contribution is -0.133. The maximum atomic E-state index is 11.2. The predicted octanol–water partition coefficient (Wildman–Crippen LogP) is 0.317. The highest BCUT2D eigenvalue weighted by molar-refractivity contribution is 7.51. The van der Waals surface area contributed by atoms with Crippen LogP contribution in [-0.2, 0) is 9.36 Å². The lowest BCUT2D eigenvalue weighted by atomic mass is 10.3. The lowest BCUT2D eigenvalue weighted by Crippen LogP contribution is -2.27. The molecule has 0 aliphatic heterocycles. The van der Waals surface area contributed by atoms with Crippen molar-refractivity contribution in [3.05, 3.63) is 30.3 Å². The van der Waals surface area contributed by atoms with Gasteiger partial charge in [0.05, 0.1) is 12.8 Å². The van der Waals surface area contributed by atoms with E-state index in [0.717, 1.165) is 0 Å². The summed E-state index contributed by atoms with van der Waals surface area (Å²) < 4.78 is 15.3. The number of benzene rings is 1. The van der Waals surface area contributed by atoms with Gasteiger partial charge < -0.3 is 14.5 Å². The molecular formula is C9H12NO5P. The van der Waals surface area contributed by atoms with Crippen LogP contribution in [0.2, 0.25) is 0 Å². The summed E-state index contributed by atoms with van der Waals surface area (Å²) in [7, 11) is -4.12. The number of hydrogen-bond acceptors (Lipinski definition) is 4. The molecule has 0 amide bonds. The fourth-order valence-electron chi connectivity index (χ4n) is 0.960. The van der Waals surface area contributed by atoms with Gasteiger partial charge in [-0.05, 0) is 12.1 Å². The molecule has 0 spiro atoms. The summed E-state index contributed by atoms with van der Waals surface area (Å²) in [4.78, 5) is 28.2. The highest BCUT2D eigenvalue weighted by Gasteiger charge is 2.13. The SMILES string of the molecule is O=C(CNCP(=O)(O)O)Oc1ccccc1. The molecule has 0 bridgehead atoms. The Morgan fingerprint density at radius 2 is 1.94 bits per heavy atom. The Balaban J connectivity index is 2.30. The van der Waals surface area contributed by atoms with E-state index in [-0.39, 0.29) is 6.54 Å². The van der Waals surface area contributed by atoms with Crippen LogP contribution in [0, 0.1) is 0 Å². The smallest absolute Gasteiger partial charge is 0.339 e. The molecule has 0 aliphatic carbocycles. The molecule has 0 radical (unpaired) electrons. The van der Waals surface area contributed by atoms with Crippen molar-refractivity contribution in [3.63, 3.8) is 0 Å². The first-order chi connectivity index (χ1) is 7.47. The number of hydrogen-bond donors (Lipinski definition) is 3. The Morgan fingerprint density at radius 1 is 1.31 bits per heavy atom. The van der Waals surface area contributed by atoms with E-state index in [9.17, 15) is 9.36 Å². The van der Waals surface area contributed by atoms with Crippen molar-refractivity contribution in [2.75, 3.05) is 12.8 Å². The van der Waals surface area contributed by atoms with Crippen molar-refractivity contribution < 1.29 is 23.9 Å². The summed E-state index contributed by atoms with van der Waals surface area (Å²) in [5.41, 5.74) is 0. The first-order valence-electron chi connectivity index (χ1n) is 4.48. The normalized spacial score (nSPS) is 11.1. The van der Waals surface area contributed by atoms with Crippen LogP contribution in [0.25, 0.3) is 0 Å². The Morgan fingerprint density at radius 3 is 2.50 bits per heavy atom. The molecule has 0 aromatic heterocycles. The summed E-state index contributed by atoms with van der Waals surface area (Å²) in [5.74, 6) is -0.204. The van der Waals surface area contributed by atoms with E-state index in [2.05, 4.69) is 5.32 Å². The summed E-state index contributed by atoms with van der Waals surface area (Å²) in [6.45, 7) is -0.250. The molecule has 3 N–H and O–H groups in total. The third-order valence-electron chi connectivity index (χ3n) is 1.56. The van der Waals surface area contributed by atoms with Gasteiger partial charge in [0, 0.05) is 0 Å². The maximum absolute atomic E-state index is 11.2. The molecule has 0 fully saturated rings. The molecule has 0 unspecified atom stereocenters. The number of rotatable bonds is 5. The van der Waals surface area contributed by atoms with Gasteiger partial charge in [-0.2, -0.15) is 0 Å². The van der Waals surface area contributed by atoms with Gasteiger partial charge in [-0.25, -0.2) is 0 Å². The Bertz CT molecular complexity index is 388. The number of ether oxygens (including phenoxy) is 1. The quantitative estimate of drug-likeness (QED) is 0.392. The molecule has 0 saturated heterocycles. The fourth-order valence-corrected chi connectivity index (χ4v) is 1.36.